The number of alkyl halides is 3. The van der Waals surface area contributed by atoms with Crippen molar-refractivity contribution in [2.45, 2.75) is 52.1 Å². The van der Waals surface area contributed by atoms with Crippen molar-refractivity contribution in [3.63, 3.8) is 0 Å². The van der Waals surface area contributed by atoms with E-state index in [1.807, 2.05) is 0 Å². The summed E-state index contributed by atoms with van der Waals surface area (Å²) in [5.41, 5.74) is -1.97. The lowest BCUT2D eigenvalue weighted by atomic mass is 9.83. The van der Waals surface area contributed by atoms with Crippen molar-refractivity contribution < 1.29 is 36.0 Å². The molecule has 2 aliphatic heterocycles. The summed E-state index contributed by atoms with van der Waals surface area (Å²) < 4.78 is 77.7. The highest BCUT2D eigenvalue weighted by Gasteiger charge is 2.44. The summed E-state index contributed by atoms with van der Waals surface area (Å²) in [7, 11) is -3.89. The predicted molar refractivity (Wildman–Crippen MR) is 138 cm³/mol. The Morgan fingerprint density at radius 1 is 1.02 bits per heavy atom. The number of ether oxygens (including phenoxy) is 1. The van der Waals surface area contributed by atoms with E-state index in [9.17, 15) is 27.3 Å². The quantitative estimate of drug-likeness (QED) is 0.283. The first-order chi connectivity index (χ1) is 18.8. The van der Waals surface area contributed by atoms with Crippen LogP contribution in [0.2, 0.25) is 0 Å². The molecule has 0 radical (unpaired) electrons. The standard InChI is InChI=1S/C26H27F3N3O7P/c1-5-36-40(35,37-6-2)39-18-11-12-19-21(15-18)38-25(3,4)20-13-14-30-23(33)31(24(34)32(30)22(19)20)17-9-7-16(8-10-17)26(27,28)29/h7-13,15,22H,5-6,14H2,1-4H3. The Kier molecular flexibility index (Phi) is 6.88. The number of hydrogen-bond donors (Lipinski definition) is 0. The molecule has 3 aromatic rings. The molecule has 0 aliphatic carbocycles. The molecule has 10 nitrogen and oxygen atoms in total. The maximum absolute atomic E-state index is 13.7. The van der Waals surface area contributed by atoms with Gasteiger partial charge in [0.25, 0.3) is 0 Å². The maximum atomic E-state index is 13.7. The predicted octanol–water partition coefficient (Wildman–Crippen LogP) is 5.08. The van der Waals surface area contributed by atoms with Gasteiger partial charge in [-0.25, -0.2) is 28.1 Å². The molecule has 0 saturated carbocycles. The van der Waals surface area contributed by atoms with Gasteiger partial charge in [-0.2, -0.15) is 13.2 Å². The molecule has 0 saturated heterocycles. The first kappa shape index (κ1) is 28.0. The van der Waals surface area contributed by atoms with Gasteiger partial charge < -0.3 is 9.26 Å². The molecule has 2 aromatic carbocycles. The monoisotopic (exact) mass is 581 g/mol. The van der Waals surface area contributed by atoms with Crippen molar-refractivity contribution in [2.75, 3.05) is 13.2 Å². The Hall–Kier alpha value is -3.54. The highest BCUT2D eigenvalue weighted by atomic mass is 31.2. The van der Waals surface area contributed by atoms with Gasteiger partial charge in [-0.15, -0.1) is 0 Å². The molecule has 40 heavy (non-hydrogen) atoms. The summed E-state index contributed by atoms with van der Waals surface area (Å²) in [6.07, 6.45) is -2.76. The first-order valence-electron chi connectivity index (χ1n) is 12.5. The zero-order valence-corrected chi connectivity index (χ0v) is 23.0. The summed E-state index contributed by atoms with van der Waals surface area (Å²) in [4.78, 5) is 27.1. The van der Waals surface area contributed by atoms with Gasteiger partial charge in [-0.1, -0.05) is 6.08 Å². The minimum absolute atomic E-state index is 0.0110. The Labute approximate surface area is 226 Å². The maximum Gasteiger partial charge on any atom is 0.530 e. The number of benzene rings is 2. The lowest BCUT2D eigenvalue weighted by Gasteiger charge is -2.42. The van der Waals surface area contributed by atoms with Gasteiger partial charge in [-0.05, 0) is 69.7 Å². The average Bonchev–Trinajstić information content (AvgIpc) is 3.13. The van der Waals surface area contributed by atoms with Crippen molar-refractivity contribution in [3.05, 3.63) is 86.2 Å². The van der Waals surface area contributed by atoms with Gasteiger partial charge in [0.2, 0.25) is 0 Å². The number of allylic oxidation sites excluding steroid dienone is 1. The minimum atomic E-state index is -4.56. The average molecular weight is 581 g/mol. The zero-order chi connectivity index (χ0) is 29.0. The normalized spacial score (nSPS) is 17.8. The van der Waals surface area contributed by atoms with E-state index in [2.05, 4.69) is 0 Å². The second-order valence-corrected chi connectivity index (χ2v) is 11.2. The van der Waals surface area contributed by atoms with Gasteiger partial charge in [0.1, 0.15) is 23.1 Å². The van der Waals surface area contributed by atoms with Crippen LogP contribution in [0.3, 0.4) is 0 Å². The van der Waals surface area contributed by atoms with E-state index in [0.29, 0.717) is 11.3 Å². The molecule has 5 rings (SSSR count). The fraction of sp³-hybridized carbons (Fsp3) is 0.385. The Bertz CT molecular complexity index is 1640. The molecule has 1 aromatic heterocycles. The molecular formula is C26H27F3N3O7P. The van der Waals surface area contributed by atoms with Crippen molar-refractivity contribution in [1.29, 1.82) is 0 Å². The zero-order valence-electron chi connectivity index (χ0n) is 22.1. The molecule has 1 atom stereocenters. The van der Waals surface area contributed by atoms with E-state index in [1.54, 1.807) is 39.8 Å². The molecule has 2 aliphatic rings. The molecule has 3 heterocycles. The summed E-state index contributed by atoms with van der Waals surface area (Å²) in [5, 5.41) is 0. The number of aromatic nitrogens is 3. The topological polar surface area (TPSA) is 103 Å². The van der Waals surface area contributed by atoms with Crippen LogP contribution in [0.25, 0.3) is 5.69 Å². The molecule has 0 amide bonds. The van der Waals surface area contributed by atoms with Crippen molar-refractivity contribution >= 4 is 7.82 Å². The van der Waals surface area contributed by atoms with Gasteiger partial charge in [-0.3, -0.25) is 9.05 Å². The molecule has 0 bridgehead atoms. The molecule has 1 unspecified atom stereocenters. The van der Waals surface area contributed by atoms with E-state index < -0.39 is 42.6 Å². The van der Waals surface area contributed by atoms with E-state index in [0.717, 1.165) is 34.4 Å². The Morgan fingerprint density at radius 3 is 2.27 bits per heavy atom. The number of rotatable bonds is 7. The number of phosphoric ester groups is 1. The van der Waals surface area contributed by atoms with E-state index in [1.165, 1.54) is 21.5 Å². The van der Waals surface area contributed by atoms with Crippen LogP contribution in [-0.4, -0.2) is 32.7 Å². The van der Waals surface area contributed by atoms with Gasteiger partial charge in [0.05, 0.1) is 31.0 Å². The molecule has 14 heteroatoms. The van der Waals surface area contributed by atoms with Crippen LogP contribution in [0.15, 0.2) is 63.7 Å². The van der Waals surface area contributed by atoms with Crippen LogP contribution < -0.4 is 20.6 Å². The number of phosphoric acid groups is 1. The number of halogens is 3. The summed E-state index contributed by atoms with van der Waals surface area (Å²) in [5.74, 6) is 0.467. The number of nitrogens with zero attached hydrogens (tertiary/aromatic N) is 3. The fourth-order valence-corrected chi connectivity index (χ4v) is 6.17. The highest BCUT2D eigenvalue weighted by Crippen LogP contribution is 2.52. The van der Waals surface area contributed by atoms with Crippen LogP contribution >= 0.6 is 7.82 Å². The van der Waals surface area contributed by atoms with Crippen LogP contribution in [-0.2, 0) is 26.3 Å². The lowest BCUT2D eigenvalue weighted by Crippen LogP contribution is -2.46. The third kappa shape index (κ3) is 4.71. The minimum Gasteiger partial charge on any atom is -0.483 e. The second-order valence-electron chi connectivity index (χ2n) is 9.62. The van der Waals surface area contributed by atoms with Crippen LogP contribution in [0.5, 0.6) is 11.5 Å². The van der Waals surface area contributed by atoms with E-state index in [4.69, 9.17) is 18.3 Å². The summed E-state index contributed by atoms with van der Waals surface area (Å²) in [6.45, 7) is 7.16. The van der Waals surface area contributed by atoms with Crippen molar-refractivity contribution in [1.82, 2.24) is 13.9 Å². The summed E-state index contributed by atoms with van der Waals surface area (Å²) >= 11 is 0. The third-order valence-corrected chi connectivity index (χ3v) is 8.25. The number of hydrogen-bond acceptors (Lipinski definition) is 7. The third-order valence-electron chi connectivity index (χ3n) is 6.67. The lowest BCUT2D eigenvalue weighted by molar-refractivity contribution is -0.137. The highest BCUT2D eigenvalue weighted by molar-refractivity contribution is 7.48. The summed E-state index contributed by atoms with van der Waals surface area (Å²) in [6, 6.07) is 7.73. The first-order valence-corrected chi connectivity index (χ1v) is 14.0. The smallest absolute Gasteiger partial charge is 0.483 e. The van der Waals surface area contributed by atoms with Gasteiger partial charge >= 0.3 is 25.4 Å². The Balaban J connectivity index is 1.61. The Morgan fingerprint density at radius 2 is 1.68 bits per heavy atom. The molecule has 0 spiro atoms. The van der Waals surface area contributed by atoms with E-state index in [-0.39, 0.29) is 31.2 Å². The molecule has 0 N–H and O–H groups in total. The van der Waals surface area contributed by atoms with Crippen LogP contribution in [0, 0.1) is 0 Å². The van der Waals surface area contributed by atoms with Crippen LogP contribution in [0.1, 0.15) is 44.9 Å². The van der Waals surface area contributed by atoms with Gasteiger partial charge in [0.15, 0.2) is 0 Å². The largest absolute Gasteiger partial charge is 0.530 e. The fourth-order valence-electron chi connectivity index (χ4n) is 4.99. The molecule has 214 valence electrons. The SMILES string of the molecule is CCOP(=O)(OCC)Oc1ccc2c(c1)OC(C)(C)C1=CCn3c(=O)n(-c4ccc(C(F)(F)F)cc4)c(=O)n3C12. The molecule has 0 fully saturated rings. The molecular weight excluding hydrogens is 554 g/mol. The van der Waals surface area contributed by atoms with E-state index >= 15 is 0 Å². The number of fused-ring (bicyclic) bond motifs is 5. The van der Waals surface area contributed by atoms with Crippen molar-refractivity contribution in [2.24, 2.45) is 0 Å². The van der Waals surface area contributed by atoms with Crippen LogP contribution in [0.4, 0.5) is 13.2 Å². The second kappa shape index (κ2) is 9.83. The van der Waals surface area contributed by atoms with Crippen molar-refractivity contribution in [3.8, 4) is 17.2 Å². The van der Waals surface area contributed by atoms with Gasteiger partial charge in [0, 0.05) is 11.6 Å².